The van der Waals surface area contributed by atoms with Crippen molar-refractivity contribution in [1.82, 2.24) is 16.0 Å². The summed E-state index contributed by atoms with van der Waals surface area (Å²) in [7, 11) is 1.00. The fourth-order valence-electron chi connectivity index (χ4n) is 6.52. The number of benzene rings is 2. The van der Waals surface area contributed by atoms with Crippen LogP contribution in [0, 0.1) is 23.7 Å². The predicted molar refractivity (Wildman–Crippen MR) is 303 cm³/mol. The van der Waals surface area contributed by atoms with E-state index in [9.17, 15) is 38.4 Å². The predicted octanol–water partition coefficient (Wildman–Crippen LogP) is 6.73. The third-order valence-corrected chi connectivity index (χ3v) is 9.55. The van der Waals surface area contributed by atoms with E-state index in [1.807, 2.05) is 76.2 Å². The van der Waals surface area contributed by atoms with Gasteiger partial charge in [0.2, 0.25) is 0 Å². The van der Waals surface area contributed by atoms with E-state index in [1.165, 1.54) is 24.3 Å². The van der Waals surface area contributed by atoms with E-state index >= 15 is 0 Å². The maximum absolute atomic E-state index is 12.7. The molecule has 11 N–H and O–H groups in total. The molecular formula is C57H98N6O18. The summed E-state index contributed by atoms with van der Waals surface area (Å²) in [5.41, 5.74) is 2.76. The summed E-state index contributed by atoms with van der Waals surface area (Å²) in [6, 6.07) is 12.3. The highest BCUT2D eigenvalue weighted by atomic mass is 16.7. The van der Waals surface area contributed by atoms with Gasteiger partial charge >= 0.3 is 23.9 Å². The minimum absolute atomic E-state index is 0. The van der Waals surface area contributed by atoms with Gasteiger partial charge in [0, 0.05) is 18.2 Å². The van der Waals surface area contributed by atoms with Gasteiger partial charge in [-0.15, -0.1) is 5.06 Å². The third kappa shape index (κ3) is 33.5. The number of carbonyl (C=O) groups is 8. The lowest BCUT2D eigenvalue weighted by Crippen LogP contribution is -2.41. The molecule has 464 valence electrons. The molecule has 0 unspecified atom stereocenters. The molecule has 81 heavy (non-hydrogen) atoms. The number of carbonyl (C=O) groups excluding carboxylic acids is 8. The van der Waals surface area contributed by atoms with Crippen molar-refractivity contribution in [3.8, 4) is 0 Å². The maximum atomic E-state index is 12.7. The van der Waals surface area contributed by atoms with Crippen LogP contribution in [0.1, 0.15) is 206 Å². The Morgan fingerprint density at radius 1 is 0.481 bits per heavy atom. The van der Waals surface area contributed by atoms with Gasteiger partial charge in [-0.25, -0.2) is 40.9 Å². The SMILES string of the molecule is CC(C)C[C@@H](ON)C(=O)OC(C)(C)C.CC(C)C[C@@H](ON1C(=O)c2ccccc2C1=O)C(=O)OC(C)(C)C.CC(C)C[C@@H](ONC(=O)c1cccc(C(=O)NO[C@H](CC(C)C)C(=O)OC(C)(C)C)c1)C(=O)OC(C)(C)C.CO.NN.O. The van der Waals surface area contributed by atoms with Crippen LogP contribution in [0.2, 0.25) is 0 Å². The molecule has 0 saturated carbocycles. The number of hydrogen-bond acceptors (Lipinski definition) is 20. The summed E-state index contributed by atoms with van der Waals surface area (Å²) in [5, 5.41) is 7.67. The van der Waals surface area contributed by atoms with Crippen LogP contribution in [0.3, 0.4) is 0 Å². The lowest BCUT2D eigenvalue weighted by atomic mass is 10.1. The Labute approximate surface area is 479 Å². The second-order valence-electron chi connectivity index (χ2n) is 24.0. The normalized spacial score (nSPS) is 13.6. The summed E-state index contributed by atoms with van der Waals surface area (Å²) in [5.74, 6) is 9.15. The van der Waals surface area contributed by atoms with Gasteiger partial charge in [0.05, 0.1) is 11.1 Å². The molecule has 4 atom stereocenters. The highest BCUT2D eigenvalue weighted by molar-refractivity contribution is 6.20. The average molecular weight is 1160 g/mol. The number of amides is 4. The minimum atomic E-state index is -1.02. The van der Waals surface area contributed by atoms with Gasteiger partial charge < -0.3 is 29.5 Å². The Kier molecular flexibility index (Phi) is 36.4. The summed E-state index contributed by atoms with van der Waals surface area (Å²) < 4.78 is 21.3. The molecule has 1 aliphatic rings. The molecule has 1 heterocycles. The number of imide groups is 1. The molecule has 4 amide bonds. The summed E-state index contributed by atoms with van der Waals surface area (Å²) in [6.07, 6.45) is -2.09. The van der Waals surface area contributed by atoms with Crippen molar-refractivity contribution in [2.75, 3.05) is 7.11 Å². The number of ether oxygens (including phenoxy) is 4. The first-order valence-electron chi connectivity index (χ1n) is 26.5. The van der Waals surface area contributed by atoms with E-state index < -0.39 is 94.3 Å². The molecule has 0 aliphatic carbocycles. The number of nitrogens with zero attached hydrogens (tertiary/aromatic N) is 1. The first-order chi connectivity index (χ1) is 36.7. The van der Waals surface area contributed by atoms with Crippen LogP contribution < -0.4 is 28.5 Å². The molecule has 0 spiro atoms. The van der Waals surface area contributed by atoms with E-state index in [2.05, 4.69) is 27.5 Å². The van der Waals surface area contributed by atoms with Gasteiger partial charge in [-0.3, -0.25) is 45.4 Å². The molecule has 24 nitrogen and oxygen atoms in total. The van der Waals surface area contributed by atoms with Gasteiger partial charge in [-0.2, -0.15) is 0 Å². The molecular weight excluding hydrogens is 1060 g/mol. The zero-order chi connectivity index (χ0) is 62.7. The minimum Gasteiger partial charge on any atom is -0.458 e. The average Bonchev–Trinajstić information content (AvgIpc) is 3.56. The van der Waals surface area contributed by atoms with Crippen molar-refractivity contribution in [2.45, 2.75) is 211 Å². The number of fused-ring (bicyclic) bond motifs is 1. The highest BCUT2D eigenvalue weighted by Gasteiger charge is 2.41. The van der Waals surface area contributed by atoms with Crippen LogP contribution in [-0.4, -0.2) is 117 Å². The standard InChI is InChI=1S/C28H44N2O8.C18H23NO5.C10H21NO3.CH4O.H4N2.H2O/c1-17(2)14-21(25(33)35-27(5,6)7)37-29-23(31)19-12-11-13-20(16-19)24(32)30-38-22(15-18(3)4)26(34)36-28(8,9)10;1-11(2)10-14(17(22)23-18(3,4)5)24-19-15(20)12-8-6-7-9-13(12)16(19)21;1-7(2)6-8(14-11)9(12)13-10(3,4)5;2*1-2;/h11-13,16-18,21-22H,14-15H2,1-10H3,(H,29,31)(H,30,32);6-9,11,14H,10H2,1-5H3;7-8H,6,11H2,1-5H3;2H,1H3;1-2H2;1H2/t21-,22-;14-;8-;;;/m111.../s1. The van der Waals surface area contributed by atoms with Crippen LogP contribution >= 0.6 is 0 Å². The number of nitrogens with one attached hydrogen (secondary N) is 2. The fraction of sp³-hybridized carbons (Fsp3) is 0.649. The molecule has 0 fully saturated rings. The first-order valence-corrected chi connectivity index (χ1v) is 26.5. The maximum Gasteiger partial charge on any atom is 0.338 e. The first kappa shape index (κ1) is 79.3. The van der Waals surface area contributed by atoms with Crippen molar-refractivity contribution >= 4 is 47.5 Å². The third-order valence-electron chi connectivity index (χ3n) is 9.55. The van der Waals surface area contributed by atoms with E-state index in [4.69, 9.17) is 44.5 Å². The second kappa shape index (κ2) is 37.2. The van der Waals surface area contributed by atoms with Crippen molar-refractivity contribution in [2.24, 2.45) is 41.3 Å². The van der Waals surface area contributed by atoms with Crippen molar-refractivity contribution in [1.29, 1.82) is 0 Å². The van der Waals surface area contributed by atoms with Gasteiger partial charge in [-0.05, 0) is 163 Å². The summed E-state index contributed by atoms with van der Waals surface area (Å²) >= 11 is 0. The van der Waals surface area contributed by atoms with Crippen LogP contribution in [0.4, 0.5) is 0 Å². The quantitative estimate of drug-likeness (QED) is 0.0248. The van der Waals surface area contributed by atoms with Gasteiger partial charge in [0.1, 0.15) is 22.4 Å². The lowest BCUT2D eigenvalue weighted by Gasteiger charge is -2.26. The van der Waals surface area contributed by atoms with Crippen LogP contribution in [0.25, 0.3) is 0 Å². The highest BCUT2D eigenvalue weighted by Crippen LogP contribution is 2.26. The van der Waals surface area contributed by atoms with E-state index in [0.29, 0.717) is 36.7 Å². The molecule has 2 aromatic rings. The Balaban J connectivity index is -0.00000120. The molecule has 0 saturated heterocycles. The van der Waals surface area contributed by atoms with Gasteiger partial charge in [0.25, 0.3) is 23.6 Å². The van der Waals surface area contributed by atoms with Crippen molar-refractivity contribution in [3.05, 3.63) is 70.8 Å². The largest absolute Gasteiger partial charge is 0.458 e. The number of hydrogen-bond donors (Lipinski definition) is 6. The zero-order valence-corrected chi connectivity index (χ0v) is 51.7. The van der Waals surface area contributed by atoms with Crippen molar-refractivity contribution in [3.63, 3.8) is 0 Å². The van der Waals surface area contributed by atoms with E-state index in [1.54, 1.807) is 86.6 Å². The Morgan fingerprint density at radius 2 is 0.753 bits per heavy atom. The van der Waals surface area contributed by atoms with Gasteiger partial charge in [-0.1, -0.05) is 73.6 Å². The molecule has 0 radical (unpaired) electrons. The number of rotatable bonds is 21. The number of hydrazine groups is 1. The van der Waals surface area contributed by atoms with Crippen molar-refractivity contribution < 1.29 is 87.2 Å². The smallest absolute Gasteiger partial charge is 0.338 e. The molecule has 0 aromatic heterocycles. The van der Waals surface area contributed by atoms with Crippen LogP contribution in [-0.2, 0) is 57.5 Å². The monoisotopic (exact) mass is 1150 g/mol. The topological polar surface area (TPSA) is 367 Å². The molecule has 1 aliphatic heterocycles. The number of aliphatic hydroxyl groups excluding tert-OH is 1. The number of hydroxylamine groups is 4. The number of nitrogens with two attached hydrogens (primary N) is 3. The Hall–Kier alpha value is -5.96. The second-order valence-corrected chi connectivity index (χ2v) is 24.0. The van der Waals surface area contributed by atoms with Gasteiger partial charge in [0.15, 0.2) is 24.4 Å². The zero-order valence-electron chi connectivity index (χ0n) is 51.7. The Morgan fingerprint density at radius 3 is 1.04 bits per heavy atom. The molecule has 2 aromatic carbocycles. The van der Waals surface area contributed by atoms with Crippen LogP contribution in [0.5, 0.6) is 0 Å². The Bertz CT molecular complexity index is 2150. The van der Waals surface area contributed by atoms with Crippen LogP contribution in [0.15, 0.2) is 48.5 Å². The fourth-order valence-corrected chi connectivity index (χ4v) is 6.52. The molecule has 24 heteroatoms. The number of aliphatic hydroxyl groups is 1. The lowest BCUT2D eigenvalue weighted by molar-refractivity contribution is -0.191. The van der Waals surface area contributed by atoms with E-state index in [-0.39, 0.29) is 45.5 Å². The molecule has 0 bridgehead atoms. The molecule has 3 rings (SSSR count). The van der Waals surface area contributed by atoms with E-state index in [0.717, 1.165) is 7.11 Å². The summed E-state index contributed by atoms with van der Waals surface area (Å²) in [6.45, 7) is 36.7. The number of esters is 4. The summed E-state index contributed by atoms with van der Waals surface area (Å²) in [4.78, 5) is 120.